The van der Waals surface area contributed by atoms with Crippen LogP contribution in [-0.2, 0) is 4.74 Å². The van der Waals surface area contributed by atoms with Crippen molar-refractivity contribution in [3.63, 3.8) is 0 Å². The summed E-state index contributed by atoms with van der Waals surface area (Å²) in [6, 6.07) is 7.91. The summed E-state index contributed by atoms with van der Waals surface area (Å²) in [5.74, 6) is 0.851. The molecule has 84 valence electrons. The standard InChI is InChI=1S/C12H19NO2/c1-9(8-14-3)15-12-6-4-11(5-7-12)10(2)13/h4-7,9-10H,8,13H2,1-3H3/t9?,10-/m1/s1. The van der Waals surface area contributed by atoms with Crippen molar-refractivity contribution in [3.05, 3.63) is 29.8 Å². The summed E-state index contributed by atoms with van der Waals surface area (Å²) in [7, 11) is 1.67. The zero-order chi connectivity index (χ0) is 11.3. The minimum Gasteiger partial charge on any atom is -0.488 e. The molecule has 1 aromatic rings. The minimum atomic E-state index is 0.0652. The fraction of sp³-hybridized carbons (Fsp3) is 0.500. The van der Waals surface area contributed by atoms with Gasteiger partial charge in [0.1, 0.15) is 11.9 Å². The van der Waals surface area contributed by atoms with E-state index in [1.54, 1.807) is 7.11 Å². The number of ether oxygens (including phenoxy) is 2. The van der Waals surface area contributed by atoms with Crippen molar-refractivity contribution >= 4 is 0 Å². The molecule has 3 nitrogen and oxygen atoms in total. The summed E-state index contributed by atoms with van der Waals surface area (Å²) in [6.07, 6.45) is 0.0659. The first-order chi connectivity index (χ1) is 7.13. The van der Waals surface area contributed by atoms with Crippen LogP contribution >= 0.6 is 0 Å². The lowest BCUT2D eigenvalue weighted by atomic mass is 10.1. The zero-order valence-corrected chi connectivity index (χ0v) is 9.57. The van der Waals surface area contributed by atoms with Gasteiger partial charge in [0.25, 0.3) is 0 Å². The topological polar surface area (TPSA) is 44.5 Å². The fourth-order valence-electron chi connectivity index (χ4n) is 1.35. The molecule has 0 aromatic heterocycles. The maximum absolute atomic E-state index is 5.75. The van der Waals surface area contributed by atoms with Crippen molar-refractivity contribution in [2.75, 3.05) is 13.7 Å². The highest BCUT2D eigenvalue weighted by atomic mass is 16.5. The van der Waals surface area contributed by atoms with Gasteiger partial charge in [0.05, 0.1) is 6.61 Å². The van der Waals surface area contributed by atoms with Crippen LogP contribution in [0.15, 0.2) is 24.3 Å². The molecule has 15 heavy (non-hydrogen) atoms. The van der Waals surface area contributed by atoms with Crippen LogP contribution < -0.4 is 10.5 Å². The van der Waals surface area contributed by atoms with E-state index in [2.05, 4.69) is 0 Å². The largest absolute Gasteiger partial charge is 0.488 e. The third-order valence-corrected chi connectivity index (χ3v) is 2.14. The van der Waals surface area contributed by atoms with E-state index >= 15 is 0 Å². The molecule has 3 heteroatoms. The maximum atomic E-state index is 5.75. The quantitative estimate of drug-likeness (QED) is 0.807. The van der Waals surface area contributed by atoms with E-state index < -0.39 is 0 Å². The molecule has 0 radical (unpaired) electrons. The van der Waals surface area contributed by atoms with Gasteiger partial charge in [-0.1, -0.05) is 12.1 Å². The Hall–Kier alpha value is -1.06. The molecule has 0 fully saturated rings. The Bertz CT molecular complexity index is 282. The summed E-state index contributed by atoms with van der Waals surface area (Å²) in [6.45, 7) is 4.53. The fourth-order valence-corrected chi connectivity index (χ4v) is 1.35. The first-order valence-corrected chi connectivity index (χ1v) is 5.14. The van der Waals surface area contributed by atoms with E-state index in [0.29, 0.717) is 6.61 Å². The molecule has 1 unspecified atom stereocenters. The summed E-state index contributed by atoms with van der Waals surface area (Å²) >= 11 is 0. The molecule has 0 aliphatic heterocycles. The molecule has 0 aliphatic carbocycles. The van der Waals surface area contributed by atoms with Gasteiger partial charge in [-0.3, -0.25) is 0 Å². The van der Waals surface area contributed by atoms with Gasteiger partial charge in [-0.15, -0.1) is 0 Å². The number of methoxy groups -OCH3 is 1. The van der Waals surface area contributed by atoms with Crippen molar-refractivity contribution < 1.29 is 9.47 Å². The lowest BCUT2D eigenvalue weighted by Crippen LogP contribution is -2.17. The second-order valence-electron chi connectivity index (χ2n) is 3.74. The molecule has 2 N–H and O–H groups in total. The number of hydrogen-bond acceptors (Lipinski definition) is 3. The van der Waals surface area contributed by atoms with Crippen molar-refractivity contribution in [2.24, 2.45) is 5.73 Å². The van der Waals surface area contributed by atoms with E-state index in [1.165, 1.54) is 0 Å². The highest BCUT2D eigenvalue weighted by molar-refractivity contribution is 5.28. The summed E-state index contributed by atoms with van der Waals surface area (Å²) in [5.41, 5.74) is 6.86. The molecule has 0 amide bonds. The molecule has 0 bridgehead atoms. The highest BCUT2D eigenvalue weighted by Crippen LogP contribution is 2.17. The number of benzene rings is 1. The van der Waals surface area contributed by atoms with Crippen LogP contribution in [0.3, 0.4) is 0 Å². The van der Waals surface area contributed by atoms with Crippen molar-refractivity contribution in [1.82, 2.24) is 0 Å². The molecule has 0 aliphatic rings. The lowest BCUT2D eigenvalue weighted by Gasteiger charge is -2.14. The highest BCUT2D eigenvalue weighted by Gasteiger charge is 2.04. The minimum absolute atomic E-state index is 0.0652. The van der Waals surface area contributed by atoms with Crippen LogP contribution in [0.2, 0.25) is 0 Å². The first-order valence-electron chi connectivity index (χ1n) is 5.14. The van der Waals surface area contributed by atoms with Crippen LogP contribution in [0.4, 0.5) is 0 Å². The van der Waals surface area contributed by atoms with E-state index in [9.17, 15) is 0 Å². The van der Waals surface area contributed by atoms with E-state index in [0.717, 1.165) is 11.3 Å². The Kier molecular flexibility index (Phi) is 4.59. The van der Waals surface area contributed by atoms with Crippen molar-refractivity contribution in [3.8, 4) is 5.75 Å². The summed E-state index contributed by atoms with van der Waals surface area (Å²) < 4.78 is 10.6. The smallest absolute Gasteiger partial charge is 0.119 e. The predicted molar refractivity (Wildman–Crippen MR) is 61.0 cm³/mol. The van der Waals surface area contributed by atoms with Crippen LogP contribution in [0, 0.1) is 0 Å². The monoisotopic (exact) mass is 209 g/mol. The Morgan fingerprint density at radius 2 is 1.80 bits per heavy atom. The van der Waals surface area contributed by atoms with Crippen LogP contribution in [0.25, 0.3) is 0 Å². The molecule has 0 saturated heterocycles. The summed E-state index contributed by atoms with van der Waals surface area (Å²) in [5, 5.41) is 0. The SMILES string of the molecule is COCC(C)Oc1ccc([C@@H](C)N)cc1. The van der Waals surface area contributed by atoms with Gasteiger partial charge in [0.2, 0.25) is 0 Å². The second kappa shape index (κ2) is 5.73. The Balaban J connectivity index is 2.56. The Morgan fingerprint density at radius 1 is 1.20 bits per heavy atom. The second-order valence-corrected chi connectivity index (χ2v) is 3.74. The van der Waals surface area contributed by atoms with Crippen LogP contribution in [0.1, 0.15) is 25.5 Å². The predicted octanol–water partition coefficient (Wildman–Crippen LogP) is 2.12. The van der Waals surface area contributed by atoms with Gasteiger partial charge in [-0.25, -0.2) is 0 Å². The number of nitrogens with two attached hydrogens (primary N) is 1. The first kappa shape index (κ1) is 12.0. The molecule has 0 heterocycles. The molecule has 0 spiro atoms. The summed E-state index contributed by atoms with van der Waals surface area (Å²) in [4.78, 5) is 0. The third kappa shape index (κ3) is 3.90. The number of rotatable bonds is 5. The van der Waals surface area contributed by atoms with Gasteiger partial charge >= 0.3 is 0 Å². The Morgan fingerprint density at radius 3 is 2.27 bits per heavy atom. The van der Waals surface area contributed by atoms with Gasteiger partial charge in [-0.05, 0) is 31.5 Å². The number of hydrogen-bond donors (Lipinski definition) is 1. The third-order valence-electron chi connectivity index (χ3n) is 2.14. The Labute approximate surface area is 91.2 Å². The molecule has 1 aromatic carbocycles. The van der Waals surface area contributed by atoms with Gasteiger partial charge < -0.3 is 15.2 Å². The van der Waals surface area contributed by atoms with E-state index in [-0.39, 0.29) is 12.1 Å². The molecule has 1 rings (SSSR count). The molecular formula is C12H19NO2. The normalized spacial score (nSPS) is 14.7. The van der Waals surface area contributed by atoms with E-state index in [1.807, 2.05) is 38.1 Å². The van der Waals surface area contributed by atoms with Crippen molar-refractivity contribution in [1.29, 1.82) is 0 Å². The lowest BCUT2D eigenvalue weighted by molar-refractivity contribution is 0.0921. The maximum Gasteiger partial charge on any atom is 0.119 e. The van der Waals surface area contributed by atoms with Crippen LogP contribution in [-0.4, -0.2) is 19.8 Å². The van der Waals surface area contributed by atoms with Gasteiger partial charge in [0, 0.05) is 13.2 Å². The zero-order valence-electron chi connectivity index (χ0n) is 9.57. The van der Waals surface area contributed by atoms with Gasteiger partial charge in [0.15, 0.2) is 0 Å². The molecule has 0 saturated carbocycles. The van der Waals surface area contributed by atoms with Gasteiger partial charge in [-0.2, -0.15) is 0 Å². The van der Waals surface area contributed by atoms with Crippen LogP contribution in [0.5, 0.6) is 5.75 Å². The van der Waals surface area contributed by atoms with E-state index in [4.69, 9.17) is 15.2 Å². The van der Waals surface area contributed by atoms with Crippen molar-refractivity contribution in [2.45, 2.75) is 26.0 Å². The average Bonchev–Trinajstić information content (AvgIpc) is 2.18. The average molecular weight is 209 g/mol. The molecule has 2 atom stereocenters. The molecular weight excluding hydrogens is 190 g/mol.